The quantitative estimate of drug-likeness (QED) is 0.506. The van der Waals surface area contributed by atoms with E-state index in [0.717, 1.165) is 11.8 Å². The summed E-state index contributed by atoms with van der Waals surface area (Å²) in [5.74, 6) is 0.273. The number of carbonyl (C=O) groups is 1. The van der Waals surface area contributed by atoms with Crippen molar-refractivity contribution in [3.63, 3.8) is 0 Å². The fourth-order valence-electron chi connectivity index (χ4n) is 0.134. The summed E-state index contributed by atoms with van der Waals surface area (Å²) in [6, 6.07) is 1.84. The summed E-state index contributed by atoms with van der Waals surface area (Å²) in [5, 5.41) is 7.89. The first-order chi connectivity index (χ1) is 3.27. The maximum atomic E-state index is 10.0. The van der Waals surface area contributed by atoms with Crippen LogP contribution in [0, 0.1) is 11.3 Å². The molecular weight excluding hydrogens is 149 g/mol. The molecule has 8 heavy (non-hydrogen) atoms. The van der Waals surface area contributed by atoms with Crippen LogP contribution in [0.5, 0.6) is 0 Å². The van der Waals surface area contributed by atoms with Crippen LogP contribution in [-0.4, -0.2) is 62.3 Å². The maximum absolute atomic E-state index is 10.0. The normalized spacial score (nSPS) is 6.50. The second-order valence-electron chi connectivity index (χ2n) is 0.938. The van der Waals surface area contributed by atoms with Gasteiger partial charge < -0.3 is 0 Å². The Morgan fingerprint density at radius 1 is 1.88 bits per heavy atom. The second-order valence-corrected chi connectivity index (χ2v) is 2.09. The van der Waals surface area contributed by atoms with E-state index in [-0.39, 0.29) is 62.3 Å². The number of nitriles is 1. The Kier molecular flexibility index (Phi) is 12.1. The average molecular weight is 155 g/mol. The van der Waals surface area contributed by atoms with Crippen LogP contribution in [-0.2, 0) is 4.79 Å². The van der Waals surface area contributed by atoms with Crippen molar-refractivity contribution in [3.8, 4) is 6.07 Å². The van der Waals surface area contributed by atoms with Gasteiger partial charge in [-0.05, 0) is 0 Å². The zero-order valence-electron chi connectivity index (χ0n) is 3.97. The Balaban J connectivity index is 0. The van der Waals surface area contributed by atoms with Crippen LogP contribution in [0.4, 0.5) is 0 Å². The third-order valence-corrected chi connectivity index (χ3v) is 1.02. The molecule has 0 spiro atoms. The molecule has 0 bridgehead atoms. The van der Waals surface area contributed by atoms with E-state index in [9.17, 15) is 4.79 Å². The summed E-state index contributed by atoms with van der Waals surface area (Å²) in [6.45, 7) is 1.45. The van der Waals surface area contributed by atoms with Gasteiger partial charge in [-0.25, -0.2) is 0 Å². The topological polar surface area (TPSA) is 40.9 Å². The van der Waals surface area contributed by atoms with Crippen molar-refractivity contribution in [1.29, 1.82) is 5.26 Å². The molecule has 0 saturated heterocycles. The molecule has 0 saturated carbocycles. The van der Waals surface area contributed by atoms with Gasteiger partial charge in [0.25, 0.3) is 0 Å². The number of nitrogens with zero attached hydrogens (tertiary/aromatic N) is 1. The van der Waals surface area contributed by atoms with Gasteiger partial charge in [-0.1, -0.05) is 11.8 Å². The van der Waals surface area contributed by atoms with Gasteiger partial charge >= 0.3 is 51.4 Å². The number of hydrogen-bond donors (Lipinski definition) is 0. The first-order valence-electron chi connectivity index (χ1n) is 1.77. The molecular formula is C4H6KNOS. The van der Waals surface area contributed by atoms with Crippen molar-refractivity contribution in [3.05, 3.63) is 0 Å². The minimum atomic E-state index is 0. The van der Waals surface area contributed by atoms with E-state index in [1.807, 2.05) is 6.07 Å². The molecule has 40 valence electrons. The fraction of sp³-hybridized carbons (Fsp3) is 0.500. The first-order valence-corrected chi connectivity index (χ1v) is 2.76. The molecule has 2 nitrogen and oxygen atoms in total. The third-order valence-electron chi connectivity index (χ3n) is 0.340. The predicted molar refractivity (Wildman–Crippen MR) is 35.9 cm³/mol. The number of rotatable bonds is 1. The molecule has 0 heterocycles. The van der Waals surface area contributed by atoms with Crippen LogP contribution >= 0.6 is 11.8 Å². The standard InChI is InChI=1S/C4H5NOS.K.H/c1-4(6)7-3-2-5;;/h3H2,1H3;;. The summed E-state index contributed by atoms with van der Waals surface area (Å²) in [4.78, 5) is 10.0. The van der Waals surface area contributed by atoms with Gasteiger partial charge in [-0.15, -0.1) is 0 Å². The van der Waals surface area contributed by atoms with Crippen molar-refractivity contribution >= 4 is 68.3 Å². The van der Waals surface area contributed by atoms with E-state index in [4.69, 9.17) is 5.26 Å². The molecule has 0 aromatic rings. The van der Waals surface area contributed by atoms with E-state index in [2.05, 4.69) is 0 Å². The molecule has 0 aromatic carbocycles. The van der Waals surface area contributed by atoms with Crippen LogP contribution < -0.4 is 0 Å². The van der Waals surface area contributed by atoms with Gasteiger partial charge in [-0.2, -0.15) is 5.26 Å². The molecule has 0 aliphatic rings. The van der Waals surface area contributed by atoms with Gasteiger partial charge in [0.15, 0.2) is 5.12 Å². The zero-order valence-corrected chi connectivity index (χ0v) is 4.79. The summed E-state index contributed by atoms with van der Waals surface area (Å²) < 4.78 is 0. The Morgan fingerprint density at radius 3 is 2.50 bits per heavy atom. The Bertz CT molecular complexity index is 109. The van der Waals surface area contributed by atoms with E-state index >= 15 is 0 Å². The van der Waals surface area contributed by atoms with Gasteiger partial charge in [0.05, 0.1) is 11.8 Å². The van der Waals surface area contributed by atoms with Crippen molar-refractivity contribution in [2.45, 2.75) is 6.92 Å². The second kappa shape index (κ2) is 8.15. The molecule has 0 atom stereocenters. The summed E-state index contributed by atoms with van der Waals surface area (Å²) in [7, 11) is 0. The molecule has 0 amide bonds. The fourth-order valence-corrected chi connectivity index (χ4v) is 0.402. The Labute approximate surface area is 95.4 Å². The van der Waals surface area contributed by atoms with Crippen molar-refractivity contribution in [2.24, 2.45) is 0 Å². The number of carbonyl (C=O) groups excluding carboxylic acids is 1. The van der Waals surface area contributed by atoms with Crippen LogP contribution in [0.2, 0.25) is 0 Å². The summed E-state index contributed by atoms with van der Waals surface area (Å²) in [6.07, 6.45) is 0. The molecule has 0 unspecified atom stereocenters. The van der Waals surface area contributed by atoms with Crippen LogP contribution in [0.15, 0.2) is 0 Å². The monoisotopic (exact) mass is 155 g/mol. The molecule has 0 aliphatic carbocycles. The first kappa shape index (κ1) is 11.9. The van der Waals surface area contributed by atoms with Crippen molar-refractivity contribution < 1.29 is 4.79 Å². The SMILES string of the molecule is CC(=O)SCC#N.[KH]. The molecule has 0 aliphatic heterocycles. The average Bonchev–Trinajstić information content (AvgIpc) is 1.61. The minimum absolute atomic E-state index is 0. The van der Waals surface area contributed by atoms with E-state index < -0.39 is 0 Å². The zero-order chi connectivity index (χ0) is 5.70. The van der Waals surface area contributed by atoms with Gasteiger partial charge in [0, 0.05) is 6.92 Å². The summed E-state index contributed by atoms with van der Waals surface area (Å²) in [5.41, 5.74) is 0. The van der Waals surface area contributed by atoms with Crippen LogP contribution in [0.25, 0.3) is 0 Å². The van der Waals surface area contributed by atoms with E-state index in [1.54, 1.807) is 0 Å². The molecule has 0 rings (SSSR count). The third kappa shape index (κ3) is 10.2. The van der Waals surface area contributed by atoms with Crippen molar-refractivity contribution in [2.75, 3.05) is 5.75 Å². The Hall–Kier alpha value is 1.15. The summed E-state index contributed by atoms with van der Waals surface area (Å²) >= 11 is 1.03. The van der Waals surface area contributed by atoms with Gasteiger partial charge in [0.1, 0.15) is 0 Å². The van der Waals surface area contributed by atoms with E-state index in [0.29, 0.717) is 0 Å². The predicted octanol–water partition coefficient (Wildman–Crippen LogP) is 0.141. The molecule has 0 N–H and O–H groups in total. The number of thioether (sulfide) groups is 1. The number of hydrogen-bond acceptors (Lipinski definition) is 3. The molecule has 0 fully saturated rings. The molecule has 0 radical (unpaired) electrons. The van der Waals surface area contributed by atoms with Crippen LogP contribution in [0.1, 0.15) is 6.92 Å². The van der Waals surface area contributed by atoms with Crippen molar-refractivity contribution in [1.82, 2.24) is 0 Å². The van der Waals surface area contributed by atoms with Crippen LogP contribution in [0.3, 0.4) is 0 Å². The molecule has 0 aromatic heterocycles. The van der Waals surface area contributed by atoms with E-state index in [1.165, 1.54) is 6.92 Å². The van der Waals surface area contributed by atoms with Gasteiger partial charge in [-0.3, -0.25) is 4.79 Å². The Morgan fingerprint density at radius 2 is 2.38 bits per heavy atom. The molecule has 4 heteroatoms. The van der Waals surface area contributed by atoms with Gasteiger partial charge in [0.2, 0.25) is 0 Å².